The van der Waals surface area contributed by atoms with Crippen molar-refractivity contribution in [3.05, 3.63) is 64.1 Å². The molecular weight excluding hydrogens is 422 g/mol. The van der Waals surface area contributed by atoms with Crippen molar-refractivity contribution in [2.45, 2.75) is 32.9 Å². The van der Waals surface area contributed by atoms with Gasteiger partial charge in [0.2, 0.25) is 0 Å². The molecule has 0 heterocycles. The molecule has 0 radical (unpaired) electrons. The maximum atomic E-state index is 12.1. The number of amides is 3. The van der Waals surface area contributed by atoms with Gasteiger partial charge in [0, 0.05) is 23.1 Å². The average Bonchev–Trinajstić information content (AvgIpc) is 2.64. The van der Waals surface area contributed by atoms with Crippen LogP contribution < -0.4 is 20.7 Å². The second-order valence-corrected chi connectivity index (χ2v) is 7.54. The van der Waals surface area contributed by atoms with E-state index in [0.717, 1.165) is 15.8 Å². The third-order valence-electron chi connectivity index (χ3n) is 3.86. The van der Waals surface area contributed by atoms with E-state index in [0.29, 0.717) is 18.7 Å². The Morgan fingerprint density at radius 3 is 2.43 bits per heavy atom. The number of urea groups is 1. The summed E-state index contributed by atoms with van der Waals surface area (Å²) in [5.41, 5.74) is 1.52. The van der Waals surface area contributed by atoms with Crippen LogP contribution in [0, 0.1) is 0 Å². The van der Waals surface area contributed by atoms with Crippen LogP contribution >= 0.6 is 15.9 Å². The molecule has 3 N–H and O–H groups in total. The molecule has 150 valence electrons. The predicted octanol–water partition coefficient (Wildman–Crippen LogP) is 4.03. The highest BCUT2D eigenvalue weighted by Crippen LogP contribution is 2.20. The number of benzene rings is 2. The van der Waals surface area contributed by atoms with E-state index in [1.54, 1.807) is 18.2 Å². The SMILES string of the molecule is CC(C)Oc1cccc(C(C)NC(=O)NCCNC(=O)c2cccc(Br)c2)c1. The molecule has 0 saturated carbocycles. The monoisotopic (exact) mass is 447 g/mol. The van der Waals surface area contributed by atoms with E-state index in [1.807, 2.05) is 51.1 Å². The van der Waals surface area contributed by atoms with Crippen LogP contribution in [-0.2, 0) is 0 Å². The maximum Gasteiger partial charge on any atom is 0.315 e. The maximum absolute atomic E-state index is 12.1. The fourth-order valence-electron chi connectivity index (χ4n) is 2.54. The van der Waals surface area contributed by atoms with Crippen LogP contribution in [0.4, 0.5) is 4.79 Å². The van der Waals surface area contributed by atoms with E-state index in [-0.39, 0.29) is 24.1 Å². The van der Waals surface area contributed by atoms with E-state index in [4.69, 9.17) is 4.74 Å². The highest BCUT2D eigenvalue weighted by molar-refractivity contribution is 9.10. The minimum absolute atomic E-state index is 0.0917. The van der Waals surface area contributed by atoms with Gasteiger partial charge in [-0.05, 0) is 56.7 Å². The summed E-state index contributed by atoms with van der Waals surface area (Å²) in [5.74, 6) is 0.593. The molecule has 28 heavy (non-hydrogen) atoms. The number of rotatable bonds is 8. The molecule has 0 aromatic heterocycles. The Hall–Kier alpha value is -2.54. The Kier molecular flexibility index (Phi) is 8.32. The fourth-order valence-corrected chi connectivity index (χ4v) is 2.94. The molecule has 0 fully saturated rings. The van der Waals surface area contributed by atoms with E-state index >= 15 is 0 Å². The topological polar surface area (TPSA) is 79.5 Å². The Bertz CT molecular complexity index is 811. The molecule has 1 atom stereocenters. The molecule has 0 aliphatic rings. The largest absolute Gasteiger partial charge is 0.491 e. The smallest absolute Gasteiger partial charge is 0.315 e. The number of hydrogen-bond donors (Lipinski definition) is 3. The normalized spacial score (nSPS) is 11.6. The summed E-state index contributed by atoms with van der Waals surface area (Å²) in [6.45, 7) is 6.51. The van der Waals surface area contributed by atoms with Crippen molar-refractivity contribution in [1.29, 1.82) is 0 Å². The molecule has 6 nitrogen and oxygen atoms in total. The molecule has 0 aliphatic heterocycles. The summed E-state index contributed by atoms with van der Waals surface area (Å²) in [6.07, 6.45) is 0.0917. The van der Waals surface area contributed by atoms with Crippen LogP contribution in [0.15, 0.2) is 53.0 Å². The third kappa shape index (κ3) is 7.23. The van der Waals surface area contributed by atoms with Gasteiger partial charge < -0.3 is 20.7 Å². The van der Waals surface area contributed by atoms with Crippen molar-refractivity contribution >= 4 is 27.9 Å². The minimum Gasteiger partial charge on any atom is -0.491 e. The molecule has 2 rings (SSSR count). The number of carbonyl (C=O) groups excluding carboxylic acids is 2. The molecule has 0 saturated heterocycles. The first-order valence-electron chi connectivity index (χ1n) is 9.20. The van der Waals surface area contributed by atoms with E-state index in [1.165, 1.54) is 0 Å². The van der Waals surface area contributed by atoms with Crippen molar-refractivity contribution in [2.24, 2.45) is 0 Å². The first-order chi connectivity index (χ1) is 13.3. The zero-order chi connectivity index (χ0) is 20.5. The molecule has 0 spiro atoms. The van der Waals surface area contributed by atoms with Crippen molar-refractivity contribution in [3.8, 4) is 5.75 Å². The van der Waals surface area contributed by atoms with Gasteiger partial charge in [0.15, 0.2) is 0 Å². The lowest BCUT2D eigenvalue weighted by Gasteiger charge is -2.17. The first kappa shape index (κ1) is 21.8. The van der Waals surface area contributed by atoms with Gasteiger partial charge in [-0.2, -0.15) is 0 Å². The van der Waals surface area contributed by atoms with Gasteiger partial charge in [0.25, 0.3) is 5.91 Å². The lowest BCUT2D eigenvalue weighted by molar-refractivity contribution is 0.0953. The predicted molar refractivity (Wildman–Crippen MR) is 114 cm³/mol. The van der Waals surface area contributed by atoms with Crippen LogP contribution in [0.3, 0.4) is 0 Å². The zero-order valence-corrected chi connectivity index (χ0v) is 17.9. The molecule has 2 aromatic carbocycles. The van der Waals surface area contributed by atoms with Crippen LogP contribution in [0.1, 0.15) is 42.7 Å². The Morgan fingerprint density at radius 2 is 1.71 bits per heavy atom. The number of carbonyl (C=O) groups is 2. The summed E-state index contributed by atoms with van der Waals surface area (Å²) in [7, 11) is 0. The van der Waals surface area contributed by atoms with Crippen molar-refractivity contribution < 1.29 is 14.3 Å². The molecular formula is C21H26BrN3O3. The van der Waals surface area contributed by atoms with Gasteiger partial charge in [-0.1, -0.05) is 34.1 Å². The molecule has 3 amide bonds. The second kappa shape index (κ2) is 10.7. The van der Waals surface area contributed by atoms with Gasteiger partial charge in [-0.25, -0.2) is 4.79 Å². The fraction of sp³-hybridized carbons (Fsp3) is 0.333. The van der Waals surface area contributed by atoms with Crippen LogP contribution in [-0.4, -0.2) is 31.1 Å². The third-order valence-corrected chi connectivity index (χ3v) is 4.35. The Morgan fingerprint density at radius 1 is 1.00 bits per heavy atom. The lowest BCUT2D eigenvalue weighted by Crippen LogP contribution is -2.41. The van der Waals surface area contributed by atoms with Gasteiger partial charge in [0.05, 0.1) is 12.1 Å². The van der Waals surface area contributed by atoms with Gasteiger partial charge in [-0.15, -0.1) is 0 Å². The molecule has 0 aliphatic carbocycles. The summed E-state index contributed by atoms with van der Waals surface area (Å²) in [5, 5.41) is 8.40. The van der Waals surface area contributed by atoms with Crippen LogP contribution in [0.5, 0.6) is 5.75 Å². The molecule has 1 unspecified atom stereocenters. The number of ether oxygens (including phenoxy) is 1. The van der Waals surface area contributed by atoms with E-state index in [2.05, 4.69) is 31.9 Å². The molecule has 0 bridgehead atoms. The molecule has 7 heteroatoms. The Balaban J connectivity index is 1.74. The lowest BCUT2D eigenvalue weighted by atomic mass is 10.1. The quantitative estimate of drug-likeness (QED) is 0.534. The number of nitrogens with one attached hydrogen (secondary N) is 3. The summed E-state index contributed by atoms with van der Waals surface area (Å²) < 4.78 is 6.53. The number of halogens is 1. The van der Waals surface area contributed by atoms with E-state index in [9.17, 15) is 9.59 Å². The highest BCUT2D eigenvalue weighted by atomic mass is 79.9. The van der Waals surface area contributed by atoms with Crippen molar-refractivity contribution in [1.82, 2.24) is 16.0 Å². The first-order valence-corrected chi connectivity index (χ1v) is 9.99. The second-order valence-electron chi connectivity index (χ2n) is 6.63. The van der Waals surface area contributed by atoms with Gasteiger partial charge >= 0.3 is 6.03 Å². The minimum atomic E-state index is -0.292. The van der Waals surface area contributed by atoms with Crippen molar-refractivity contribution in [3.63, 3.8) is 0 Å². The standard InChI is InChI=1S/C21H26BrN3O3/c1-14(2)28-19-9-5-6-16(13-19)15(3)25-21(27)24-11-10-23-20(26)17-7-4-8-18(22)12-17/h4-9,12-15H,10-11H2,1-3H3,(H,23,26)(H2,24,25,27). The zero-order valence-electron chi connectivity index (χ0n) is 16.3. The average molecular weight is 448 g/mol. The van der Waals surface area contributed by atoms with Crippen LogP contribution in [0.2, 0.25) is 0 Å². The van der Waals surface area contributed by atoms with Gasteiger partial charge in [0.1, 0.15) is 5.75 Å². The van der Waals surface area contributed by atoms with Crippen LogP contribution in [0.25, 0.3) is 0 Å². The number of hydrogen-bond acceptors (Lipinski definition) is 3. The van der Waals surface area contributed by atoms with Crippen molar-refractivity contribution in [2.75, 3.05) is 13.1 Å². The van der Waals surface area contributed by atoms with E-state index < -0.39 is 0 Å². The van der Waals surface area contributed by atoms with Gasteiger partial charge in [-0.3, -0.25) is 4.79 Å². The Labute approximate surface area is 174 Å². The summed E-state index contributed by atoms with van der Waals surface area (Å²) >= 11 is 3.34. The highest BCUT2D eigenvalue weighted by Gasteiger charge is 2.11. The summed E-state index contributed by atoms with van der Waals surface area (Å²) in [4.78, 5) is 24.1. The molecule has 2 aromatic rings. The summed E-state index contributed by atoms with van der Waals surface area (Å²) in [6, 6.07) is 14.3.